The predicted molar refractivity (Wildman–Crippen MR) is 126 cm³/mol. The molecule has 156 valence electrons. The smallest absolute Gasteiger partial charge is 0.191 e. The van der Waals surface area contributed by atoms with Gasteiger partial charge in [-0.15, -0.1) is 24.0 Å². The largest absolute Gasteiger partial charge is 0.355 e. The van der Waals surface area contributed by atoms with Crippen LogP contribution in [0.3, 0.4) is 0 Å². The zero-order valence-electron chi connectivity index (χ0n) is 17.0. The summed E-state index contributed by atoms with van der Waals surface area (Å²) in [5.74, 6) is 0.612. The van der Waals surface area contributed by atoms with Crippen LogP contribution in [0.4, 0.5) is 0 Å². The maximum atomic E-state index is 12.5. The van der Waals surface area contributed by atoms with Crippen LogP contribution in [0.5, 0.6) is 0 Å². The molecule has 0 unspecified atom stereocenters. The summed E-state index contributed by atoms with van der Waals surface area (Å²) in [4.78, 5) is 4.48. The molecule has 1 aromatic carbocycles. The minimum atomic E-state index is -3.33. The van der Waals surface area contributed by atoms with Crippen molar-refractivity contribution in [2.75, 3.05) is 25.9 Å². The summed E-state index contributed by atoms with van der Waals surface area (Å²) in [6.45, 7) is 8.13. The zero-order valence-corrected chi connectivity index (χ0v) is 20.1. The van der Waals surface area contributed by atoms with Gasteiger partial charge in [-0.25, -0.2) is 8.42 Å². The van der Waals surface area contributed by atoms with Crippen molar-refractivity contribution < 1.29 is 8.42 Å². The molecule has 0 saturated heterocycles. The van der Waals surface area contributed by atoms with Gasteiger partial charge in [-0.3, -0.25) is 4.99 Å². The molecule has 6 nitrogen and oxygen atoms in total. The van der Waals surface area contributed by atoms with E-state index < -0.39 is 9.84 Å². The van der Waals surface area contributed by atoms with Crippen LogP contribution in [0.1, 0.15) is 26.3 Å². The molecule has 0 amide bonds. The molecular formula is C20H31IN4O2S. The number of aromatic nitrogens is 1. The molecule has 0 radical (unpaired) electrons. The van der Waals surface area contributed by atoms with Crippen molar-refractivity contribution >= 4 is 39.8 Å². The molecule has 0 aliphatic rings. The summed E-state index contributed by atoms with van der Waals surface area (Å²) < 4.78 is 27.1. The van der Waals surface area contributed by atoms with E-state index in [-0.39, 0.29) is 35.1 Å². The van der Waals surface area contributed by atoms with Crippen LogP contribution < -0.4 is 10.6 Å². The van der Waals surface area contributed by atoms with Crippen LogP contribution in [-0.4, -0.2) is 44.8 Å². The van der Waals surface area contributed by atoms with E-state index in [0.717, 1.165) is 12.1 Å². The van der Waals surface area contributed by atoms with Crippen molar-refractivity contribution in [2.45, 2.75) is 37.6 Å². The van der Waals surface area contributed by atoms with E-state index in [0.29, 0.717) is 23.9 Å². The molecule has 8 heteroatoms. The van der Waals surface area contributed by atoms with Crippen LogP contribution in [0.15, 0.2) is 58.7 Å². The third kappa shape index (κ3) is 7.46. The number of guanidine groups is 1. The molecular weight excluding hydrogens is 487 g/mol. The van der Waals surface area contributed by atoms with E-state index in [1.807, 2.05) is 36.7 Å². The summed E-state index contributed by atoms with van der Waals surface area (Å²) >= 11 is 0. The standard InChI is InChI=1S/C20H30N4O2S.HI/c1-20(2,3)17-7-9-18(10-8-17)27(25,26)16-12-23-19(21-4)22-11-15-24-13-5-6-14-24;/h5-10,13-14H,11-12,15-16H2,1-4H3,(H2,21,22,23);1H. The molecule has 0 aliphatic carbocycles. The van der Waals surface area contributed by atoms with Gasteiger partial charge >= 0.3 is 0 Å². The third-order valence-corrected chi connectivity index (χ3v) is 6.03. The van der Waals surface area contributed by atoms with Gasteiger partial charge in [0.15, 0.2) is 15.8 Å². The molecule has 1 heterocycles. The normalized spacial score (nSPS) is 12.4. The molecule has 28 heavy (non-hydrogen) atoms. The van der Waals surface area contributed by atoms with Crippen molar-refractivity contribution in [1.82, 2.24) is 15.2 Å². The number of sulfone groups is 1. The zero-order chi connectivity index (χ0) is 19.9. The Morgan fingerprint density at radius 2 is 1.61 bits per heavy atom. The van der Waals surface area contributed by atoms with E-state index in [9.17, 15) is 8.42 Å². The van der Waals surface area contributed by atoms with E-state index in [1.165, 1.54) is 0 Å². The van der Waals surface area contributed by atoms with Gasteiger partial charge in [0, 0.05) is 39.1 Å². The number of hydrogen-bond donors (Lipinski definition) is 2. The van der Waals surface area contributed by atoms with Crippen molar-refractivity contribution in [3.05, 3.63) is 54.4 Å². The second-order valence-electron chi connectivity index (χ2n) is 7.44. The van der Waals surface area contributed by atoms with Gasteiger partial charge in [0.05, 0.1) is 10.6 Å². The quantitative estimate of drug-likeness (QED) is 0.336. The summed E-state index contributed by atoms with van der Waals surface area (Å²) in [6, 6.07) is 11.1. The number of aliphatic imine (C=N–C) groups is 1. The topological polar surface area (TPSA) is 75.5 Å². The summed E-state index contributed by atoms with van der Waals surface area (Å²) in [5, 5.41) is 6.24. The average Bonchev–Trinajstić information content (AvgIpc) is 3.13. The first kappa shape index (κ1) is 24.5. The molecule has 0 spiro atoms. The highest BCUT2D eigenvalue weighted by atomic mass is 127. The Bertz CT molecular complexity index is 839. The number of nitrogens with one attached hydrogen (secondary N) is 2. The fourth-order valence-electron chi connectivity index (χ4n) is 2.63. The van der Waals surface area contributed by atoms with E-state index >= 15 is 0 Å². The number of benzene rings is 1. The molecule has 2 aromatic rings. The predicted octanol–water partition coefficient (Wildman–Crippen LogP) is 3.04. The van der Waals surface area contributed by atoms with Gasteiger partial charge in [0.1, 0.15) is 0 Å². The Hall–Kier alpha value is -1.55. The Morgan fingerprint density at radius 1 is 1.04 bits per heavy atom. The van der Waals surface area contributed by atoms with Gasteiger partial charge in [0.25, 0.3) is 0 Å². The van der Waals surface area contributed by atoms with Crippen molar-refractivity contribution in [1.29, 1.82) is 0 Å². The van der Waals surface area contributed by atoms with Crippen LogP contribution in [0.25, 0.3) is 0 Å². The lowest BCUT2D eigenvalue weighted by Gasteiger charge is -2.19. The molecule has 2 N–H and O–H groups in total. The lowest BCUT2D eigenvalue weighted by Crippen LogP contribution is -2.40. The van der Waals surface area contributed by atoms with Crippen molar-refractivity contribution in [3.8, 4) is 0 Å². The van der Waals surface area contributed by atoms with Crippen molar-refractivity contribution in [2.24, 2.45) is 4.99 Å². The van der Waals surface area contributed by atoms with Gasteiger partial charge < -0.3 is 15.2 Å². The van der Waals surface area contributed by atoms with Crippen molar-refractivity contribution in [3.63, 3.8) is 0 Å². The summed E-state index contributed by atoms with van der Waals surface area (Å²) in [7, 11) is -1.66. The highest BCUT2D eigenvalue weighted by molar-refractivity contribution is 14.0. The summed E-state index contributed by atoms with van der Waals surface area (Å²) in [6.07, 6.45) is 3.99. The molecule has 0 atom stereocenters. The maximum absolute atomic E-state index is 12.5. The van der Waals surface area contributed by atoms with Crippen LogP contribution in [0, 0.1) is 0 Å². The van der Waals surface area contributed by atoms with E-state index in [4.69, 9.17) is 0 Å². The fourth-order valence-corrected chi connectivity index (χ4v) is 3.78. The molecule has 2 rings (SSSR count). The Morgan fingerprint density at radius 3 is 2.14 bits per heavy atom. The molecule has 1 aromatic heterocycles. The average molecular weight is 518 g/mol. The molecule has 0 fully saturated rings. The monoisotopic (exact) mass is 518 g/mol. The van der Waals surface area contributed by atoms with E-state index in [2.05, 4.69) is 41.0 Å². The molecule has 0 aliphatic heterocycles. The number of halogens is 1. The van der Waals surface area contributed by atoms with Gasteiger partial charge in [-0.1, -0.05) is 32.9 Å². The van der Waals surface area contributed by atoms with Gasteiger partial charge in [0.2, 0.25) is 0 Å². The second-order valence-corrected chi connectivity index (χ2v) is 9.55. The first-order valence-corrected chi connectivity index (χ1v) is 10.8. The second kappa shape index (κ2) is 10.8. The minimum Gasteiger partial charge on any atom is -0.355 e. The Balaban J connectivity index is 0.00000392. The van der Waals surface area contributed by atoms with Gasteiger partial charge in [-0.2, -0.15) is 0 Å². The molecule has 0 saturated carbocycles. The highest BCUT2D eigenvalue weighted by Crippen LogP contribution is 2.23. The van der Waals surface area contributed by atoms with Crippen LogP contribution in [0.2, 0.25) is 0 Å². The van der Waals surface area contributed by atoms with Crippen LogP contribution in [-0.2, 0) is 21.8 Å². The first-order chi connectivity index (χ1) is 12.7. The minimum absolute atomic E-state index is 0. The fraction of sp³-hybridized carbons (Fsp3) is 0.450. The van der Waals surface area contributed by atoms with Crippen LogP contribution >= 0.6 is 24.0 Å². The lowest BCUT2D eigenvalue weighted by atomic mass is 9.87. The maximum Gasteiger partial charge on any atom is 0.191 e. The lowest BCUT2D eigenvalue weighted by molar-refractivity contribution is 0.585. The molecule has 0 bridgehead atoms. The highest BCUT2D eigenvalue weighted by Gasteiger charge is 2.17. The van der Waals surface area contributed by atoms with Gasteiger partial charge in [-0.05, 0) is 35.2 Å². The number of rotatable bonds is 7. The Kier molecular flexibility index (Phi) is 9.49. The van der Waals surface area contributed by atoms with E-state index in [1.54, 1.807) is 19.2 Å². The Labute approximate surface area is 185 Å². The number of nitrogens with zero attached hydrogens (tertiary/aromatic N) is 2. The third-order valence-electron chi connectivity index (χ3n) is 4.29. The first-order valence-electron chi connectivity index (χ1n) is 9.11. The summed E-state index contributed by atoms with van der Waals surface area (Å²) in [5.41, 5.74) is 1.12. The SMILES string of the molecule is CN=C(NCCn1cccc1)NCCS(=O)(=O)c1ccc(C(C)(C)C)cc1.I. The number of hydrogen-bond acceptors (Lipinski definition) is 3.